The maximum Gasteiger partial charge on any atom is 0.137 e. The predicted molar refractivity (Wildman–Crippen MR) is 188 cm³/mol. The van der Waals surface area contributed by atoms with Crippen molar-refractivity contribution in [3.05, 3.63) is 167 Å². The summed E-state index contributed by atoms with van der Waals surface area (Å²) in [7, 11) is 2.18. The molecule has 5 aromatic rings. The number of aryl methyl sites for hydroxylation is 1. The van der Waals surface area contributed by atoms with Gasteiger partial charge in [-0.1, -0.05) is 97.1 Å². The molecular weight excluding hydrogens is 562 g/mol. The van der Waals surface area contributed by atoms with Gasteiger partial charge in [-0.05, 0) is 78.6 Å². The SMILES string of the molecule is CC1/C=C\CCCc2nc3ccccn3c2/C(c2ccc(-c3ccc(C4C=CC5=C(c6ncccc6CC=C5)N4C)cc3)cc2)=N\1. The number of imidazole rings is 1. The highest BCUT2D eigenvalue weighted by atomic mass is 15.2. The molecule has 0 radical (unpaired) electrons. The number of fused-ring (bicyclic) bond motifs is 5. The normalized spacial score (nSPS) is 21.2. The van der Waals surface area contributed by atoms with E-state index in [9.17, 15) is 0 Å². The summed E-state index contributed by atoms with van der Waals surface area (Å²) in [6, 6.07) is 28.5. The lowest BCUT2D eigenvalue weighted by atomic mass is 9.94. The molecule has 0 bridgehead atoms. The second-order valence-corrected chi connectivity index (χ2v) is 12.4. The summed E-state index contributed by atoms with van der Waals surface area (Å²) in [6.45, 7) is 2.16. The molecule has 2 aromatic carbocycles. The first-order valence-corrected chi connectivity index (χ1v) is 16.3. The Morgan fingerprint density at radius 1 is 0.804 bits per heavy atom. The minimum absolute atomic E-state index is 0.0829. The molecule has 46 heavy (non-hydrogen) atoms. The topological polar surface area (TPSA) is 45.8 Å². The van der Waals surface area contributed by atoms with Crippen LogP contribution in [0.25, 0.3) is 22.5 Å². The number of hydrogen-bond acceptors (Lipinski definition) is 4. The third kappa shape index (κ3) is 5.12. The van der Waals surface area contributed by atoms with Crippen molar-refractivity contribution < 1.29 is 0 Å². The maximum atomic E-state index is 5.24. The molecule has 8 rings (SSSR count). The number of benzene rings is 2. The highest BCUT2D eigenvalue weighted by molar-refractivity contribution is 6.13. The Morgan fingerprint density at radius 2 is 1.61 bits per heavy atom. The van der Waals surface area contributed by atoms with Crippen LogP contribution in [0.2, 0.25) is 0 Å². The molecule has 3 aromatic heterocycles. The molecule has 0 N–H and O–H groups in total. The third-order valence-corrected chi connectivity index (χ3v) is 9.35. The monoisotopic (exact) mass is 599 g/mol. The Bertz CT molecular complexity index is 2070. The highest BCUT2D eigenvalue weighted by Gasteiger charge is 2.27. The van der Waals surface area contributed by atoms with E-state index in [1.165, 1.54) is 33.5 Å². The number of hydrogen-bond donors (Lipinski definition) is 0. The second-order valence-electron chi connectivity index (χ2n) is 12.4. The summed E-state index contributed by atoms with van der Waals surface area (Å²) in [5, 5.41) is 0. The van der Waals surface area contributed by atoms with Gasteiger partial charge in [0.2, 0.25) is 0 Å². The van der Waals surface area contributed by atoms with Crippen molar-refractivity contribution in [3.8, 4) is 11.1 Å². The average molecular weight is 600 g/mol. The van der Waals surface area contributed by atoms with E-state index < -0.39 is 0 Å². The summed E-state index contributed by atoms with van der Waals surface area (Å²) in [5.41, 5.74) is 13.7. The number of nitrogens with zero attached hydrogens (tertiary/aromatic N) is 5. The van der Waals surface area contributed by atoms with Crippen LogP contribution in [-0.4, -0.2) is 38.1 Å². The molecule has 0 saturated carbocycles. The first kappa shape index (κ1) is 28.2. The van der Waals surface area contributed by atoms with Crippen molar-refractivity contribution >= 4 is 17.1 Å². The van der Waals surface area contributed by atoms with Gasteiger partial charge < -0.3 is 4.90 Å². The molecule has 5 heteroatoms. The quantitative estimate of drug-likeness (QED) is 0.195. The molecule has 1 aliphatic carbocycles. The molecule has 0 saturated heterocycles. The van der Waals surface area contributed by atoms with Gasteiger partial charge in [0.05, 0.1) is 40.6 Å². The minimum Gasteiger partial charge on any atom is -0.362 e. The Kier molecular flexibility index (Phi) is 7.30. The average Bonchev–Trinajstić information content (AvgIpc) is 3.34. The van der Waals surface area contributed by atoms with Crippen LogP contribution in [0.3, 0.4) is 0 Å². The fraction of sp³-hybridized carbons (Fsp3) is 0.195. The lowest BCUT2D eigenvalue weighted by Gasteiger charge is -2.34. The number of aliphatic imine (C=N–C) groups is 1. The zero-order valence-corrected chi connectivity index (χ0v) is 26.3. The van der Waals surface area contributed by atoms with Crippen LogP contribution >= 0.6 is 0 Å². The summed E-state index contributed by atoms with van der Waals surface area (Å²) in [4.78, 5) is 17.4. The minimum atomic E-state index is 0.0829. The van der Waals surface area contributed by atoms with E-state index in [1.54, 1.807) is 0 Å². The smallest absolute Gasteiger partial charge is 0.137 e. The van der Waals surface area contributed by atoms with Crippen LogP contribution < -0.4 is 0 Å². The lowest BCUT2D eigenvalue weighted by Crippen LogP contribution is -2.26. The van der Waals surface area contributed by atoms with E-state index >= 15 is 0 Å². The molecule has 0 fully saturated rings. The van der Waals surface area contributed by atoms with E-state index in [1.807, 2.05) is 12.3 Å². The molecule has 0 amide bonds. The van der Waals surface area contributed by atoms with E-state index in [0.29, 0.717) is 0 Å². The summed E-state index contributed by atoms with van der Waals surface area (Å²) >= 11 is 0. The Labute approximate surface area is 270 Å². The van der Waals surface area contributed by atoms with E-state index in [-0.39, 0.29) is 12.1 Å². The Morgan fingerprint density at radius 3 is 2.46 bits per heavy atom. The van der Waals surface area contributed by atoms with Gasteiger partial charge in [-0.2, -0.15) is 0 Å². The molecule has 2 unspecified atom stereocenters. The van der Waals surface area contributed by atoms with Gasteiger partial charge in [0.1, 0.15) is 5.65 Å². The lowest BCUT2D eigenvalue weighted by molar-refractivity contribution is 0.408. The highest BCUT2D eigenvalue weighted by Crippen LogP contribution is 2.38. The van der Waals surface area contributed by atoms with Crippen molar-refractivity contribution in [2.24, 2.45) is 4.99 Å². The van der Waals surface area contributed by atoms with Gasteiger partial charge in [-0.25, -0.2) is 4.98 Å². The number of aromatic nitrogens is 3. The van der Waals surface area contributed by atoms with Gasteiger partial charge in [-0.3, -0.25) is 14.4 Å². The van der Waals surface area contributed by atoms with E-state index in [2.05, 4.69) is 139 Å². The van der Waals surface area contributed by atoms with Crippen LogP contribution in [0, 0.1) is 0 Å². The van der Waals surface area contributed by atoms with Crippen LogP contribution in [-0.2, 0) is 12.8 Å². The molecule has 2 atom stereocenters. The molecule has 2 aliphatic heterocycles. The number of pyridine rings is 2. The first-order valence-electron chi connectivity index (χ1n) is 16.3. The maximum absolute atomic E-state index is 5.24. The zero-order valence-electron chi connectivity index (χ0n) is 26.3. The second kappa shape index (κ2) is 11.9. The van der Waals surface area contributed by atoms with Crippen LogP contribution in [0.1, 0.15) is 59.6 Å². The van der Waals surface area contributed by atoms with Gasteiger partial charge in [0, 0.05) is 25.0 Å². The Hall–Kier alpha value is -5.29. The summed E-state index contributed by atoms with van der Waals surface area (Å²) in [6.07, 6.45) is 21.5. The Balaban J connectivity index is 1.09. The molecule has 5 heterocycles. The number of allylic oxidation sites excluding steroid dienone is 5. The van der Waals surface area contributed by atoms with Crippen molar-refractivity contribution in [1.82, 2.24) is 19.3 Å². The molecule has 226 valence electrons. The largest absolute Gasteiger partial charge is 0.362 e. The van der Waals surface area contributed by atoms with Crippen molar-refractivity contribution in [1.29, 1.82) is 0 Å². The predicted octanol–water partition coefficient (Wildman–Crippen LogP) is 8.58. The summed E-state index contributed by atoms with van der Waals surface area (Å²) < 4.78 is 2.20. The van der Waals surface area contributed by atoms with Gasteiger partial charge in [0.25, 0.3) is 0 Å². The molecule has 3 aliphatic rings. The van der Waals surface area contributed by atoms with Crippen molar-refractivity contribution in [2.75, 3.05) is 7.05 Å². The van der Waals surface area contributed by atoms with E-state index in [0.717, 1.165) is 59.7 Å². The van der Waals surface area contributed by atoms with Gasteiger partial charge in [0.15, 0.2) is 0 Å². The van der Waals surface area contributed by atoms with Crippen LogP contribution in [0.15, 0.2) is 138 Å². The van der Waals surface area contributed by atoms with Crippen LogP contribution in [0.4, 0.5) is 0 Å². The van der Waals surface area contributed by atoms with Gasteiger partial charge >= 0.3 is 0 Å². The van der Waals surface area contributed by atoms with Crippen LogP contribution in [0.5, 0.6) is 0 Å². The summed E-state index contributed by atoms with van der Waals surface area (Å²) in [5.74, 6) is 0. The molecule has 5 nitrogen and oxygen atoms in total. The third-order valence-electron chi connectivity index (χ3n) is 9.35. The van der Waals surface area contributed by atoms with Gasteiger partial charge in [-0.15, -0.1) is 0 Å². The fourth-order valence-electron chi connectivity index (χ4n) is 7.01. The molecular formula is C41H37N5. The first-order chi connectivity index (χ1) is 22.6. The number of rotatable bonds is 3. The van der Waals surface area contributed by atoms with Crippen molar-refractivity contribution in [3.63, 3.8) is 0 Å². The van der Waals surface area contributed by atoms with E-state index in [4.69, 9.17) is 15.0 Å². The fourth-order valence-corrected chi connectivity index (χ4v) is 7.01. The standard InChI is InChI=1S/C41H37N5/c1-28-10-4-3-5-14-35-41(46-27-7-6-15-37(46)44-35)39(43-28)33-22-18-30(19-23-33)29-16-20-31(21-17-29)36-25-24-34-12-8-11-32-13-9-26-42-38(32)40(34)45(36)2/h4,6-10,12-13,15-28,36H,3,5,11,14H2,1-2H3/b10-4-,43-39-. The van der Waals surface area contributed by atoms with Crippen molar-refractivity contribution in [2.45, 2.75) is 44.7 Å². The zero-order chi connectivity index (χ0) is 31.0. The number of likely N-dealkylation sites (N-methyl/N-ethyl adjacent to an activating group) is 1. The molecule has 0 spiro atoms.